The highest BCUT2D eigenvalue weighted by Crippen LogP contribution is 2.28. The first-order valence-electron chi connectivity index (χ1n) is 8.20. The Bertz CT molecular complexity index is 955. The van der Waals surface area contributed by atoms with E-state index in [0.29, 0.717) is 0 Å². The van der Waals surface area contributed by atoms with Crippen molar-refractivity contribution in [1.82, 2.24) is 9.97 Å². The van der Waals surface area contributed by atoms with Gasteiger partial charge in [-0.3, -0.25) is 9.97 Å². The Labute approximate surface area is 151 Å². The summed E-state index contributed by atoms with van der Waals surface area (Å²) in [4.78, 5) is 8.90. The highest BCUT2D eigenvalue weighted by molar-refractivity contribution is 5.73. The van der Waals surface area contributed by atoms with Gasteiger partial charge in [-0.15, -0.1) is 0 Å². The summed E-state index contributed by atoms with van der Waals surface area (Å²) in [5.41, 5.74) is 5.56. The zero-order chi connectivity index (χ0) is 17.9. The second-order valence-electron chi connectivity index (χ2n) is 5.95. The van der Waals surface area contributed by atoms with Gasteiger partial charge in [0.25, 0.3) is 0 Å². The van der Waals surface area contributed by atoms with Gasteiger partial charge in [-0.25, -0.2) is 0 Å². The quantitative estimate of drug-likeness (QED) is 0.557. The number of nitrogens with zero attached hydrogens (tertiary/aromatic N) is 2. The minimum atomic E-state index is 0.242. The van der Waals surface area contributed by atoms with E-state index >= 15 is 0 Å². The molecule has 0 saturated carbocycles. The molecule has 126 valence electrons. The van der Waals surface area contributed by atoms with Gasteiger partial charge in [0.1, 0.15) is 11.5 Å². The monoisotopic (exact) mass is 340 g/mol. The highest BCUT2D eigenvalue weighted by Gasteiger charge is 2.07. The third-order valence-corrected chi connectivity index (χ3v) is 4.18. The molecule has 0 fully saturated rings. The summed E-state index contributed by atoms with van der Waals surface area (Å²) in [6, 6.07) is 22.0. The van der Waals surface area contributed by atoms with E-state index < -0.39 is 0 Å². The molecule has 4 heteroatoms. The number of aromatic nitrogens is 2. The number of rotatable bonds is 3. The third-order valence-electron chi connectivity index (χ3n) is 4.18. The number of aromatic hydroxyl groups is 2. The minimum absolute atomic E-state index is 0.242. The summed E-state index contributed by atoms with van der Waals surface area (Å²) in [6.45, 7) is 0. The lowest BCUT2D eigenvalue weighted by Gasteiger charge is -2.07. The van der Waals surface area contributed by atoms with Crippen LogP contribution in [0.5, 0.6) is 11.5 Å². The molecule has 0 aliphatic carbocycles. The largest absolute Gasteiger partial charge is 0.508 e. The summed E-state index contributed by atoms with van der Waals surface area (Å²) in [5, 5.41) is 18.9. The molecule has 4 nitrogen and oxygen atoms in total. The Balaban J connectivity index is 1.72. The second-order valence-corrected chi connectivity index (χ2v) is 5.95. The first-order valence-corrected chi connectivity index (χ1v) is 8.20. The van der Waals surface area contributed by atoms with Gasteiger partial charge in [0, 0.05) is 12.4 Å². The SMILES string of the molecule is Oc1ccc(-c2ccnc(-c3cc(-c4ccc(O)cc4)ccn3)c2)cc1. The Morgan fingerprint density at radius 1 is 0.462 bits per heavy atom. The number of hydrogen-bond acceptors (Lipinski definition) is 4. The van der Waals surface area contributed by atoms with Crippen LogP contribution in [0.4, 0.5) is 0 Å². The fraction of sp³-hybridized carbons (Fsp3) is 0. The predicted octanol–water partition coefficient (Wildman–Crippen LogP) is 4.89. The lowest BCUT2D eigenvalue weighted by atomic mass is 10.0. The maximum Gasteiger partial charge on any atom is 0.115 e. The average Bonchev–Trinajstić information content (AvgIpc) is 2.69. The molecule has 0 spiro atoms. The molecule has 4 rings (SSSR count). The van der Waals surface area contributed by atoms with Gasteiger partial charge in [0.05, 0.1) is 11.4 Å². The molecular weight excluding hydrogens is 324 g/mol. The molecule has 0 unspecified atom stereocenters. The normalized spacial score (nSPS) is 10.6. The van der Waals surface area contributed by atoms with Crippen molar-refractivity contribution in [2.45, 2.75) is 0 Å². The molecule has 2 N–H and O–H groups in total. The maximum absolute atomic E-state index is 9.45. The molecule has 0 radical (unpaired) electrons. The van der Waals surface area contributed by atoms with Crippen LogP contribution in [0.2, 0.25) is 0 Å². The zero-order valence-electron chi connectivity index (χ0n) is 13.9. The van der Waals surface area contributed by atoms with E-state index in [9.17, 15) is 10.2 Å². The fourth-order valence-electron chi connectivity index (χ4n) is 2.81. The smallest absolute Gasteiger partial charge is 0.115 e. The van der Waals surface area contributed by atoms with Crippen molar-refractivity contribution in [2.75, 3.05) is 0 Å². The van der Waals surface area contributed by atoms with Gasteiger partial charge >= 0.3 is 0 Å². The molecule has 26 heavy (non-hydrogen) atoms. The molecule has 0 bridgehead atoms. The molecule has 0 saturated heterocycles. The molecule has 2 aromatic carbocycles. The molecule has 2 heterocycles. The summed E-state index contributed by atoms with van der Waals surface area (Å²) >= 11 is 0. The summed E-state index contributed by atoms with van der Waals surface area (Å²) < 4.78 is 0. The second kappa shape index (κ2) is 6.69. The molecule has 0 aliphatic heterocycles. The van der Waals surface area contributed by atoms with E-state index in [1.807, 2.05) is 48.5 Å². The van der Waals surface area contributed by atoms with E-state index in [2.05, 4.69) is 9.97 Å². The van der Waals surface area contributed by atoms with Crippen molar-refractivity contribution in [2.24, 2.45) is 0 Å². The number of benzene rings is 2. The molecule has 0 atom stereocenters. The highest BCUT2D eigenvalue weighted by atomic mass is 16.3. The van der Waals surface area contributed by atoms with Crippen molar-refractivity contribution < 1.29 is 10.2 Å². The van der Waals surface area contributed by atoms with Crippen molar-refractivity contribution >= 4 is 0 Å². The zero-order valence-corrected chi connectivity index (χ0v) is 13.9. The van der Waals surface area contributed by atoms with Gasteiger partial charge < -0.3 is 10.2 Å². The molecule has 2 aromatic heterocycles. The van der Waals surface area contributed by atoms with Crippen LogP contribution in [0.25, 0.3) is 33.6 Å². The lowest BCUT2D eigenvalue weighted by Crippen LogP contribution is -1.89. The first kappa shape index (κ1) is 15.8. The van der Waals surface area contributed by atoms with Crippen LogP contribution in [0.15, 0.2) is 85.2 Å². The van der Waals surface area contributed by atoms with Crippen LogP contribution in [-0.2, 0) is 0 Å². The van der Waals surface area contributed by atoms with Crippen LogP contribution in [-0.4, -0.2) is 20.2 Å². The van der Waals surface area contributed by atoms with Gasteiger partial charge in [0.15, 0.2) is 0 Å². The topological polar surface area (TPSA) is 66.2 Å². The van der Waals surface area contributed by atoms with Crippen LogP contribution in [0, 0.1) is 0 Å². The number of phenols is 2. The van der Waals surface area contributed by atoms with Gasteiger partial charge in [-0.2, -0.15) is 0 Å². The van der Waals surface area contributed by atoms with Crippen LogP contribution >= 0.6 is 0 Å². The van der Waals surface area contributed by atoms with Gasteiger partial charge in [-0.1, -0.05) is 24.3 Å². The molecule has 0 aliphatic rings. The van der Waals surface area contributed by atoms with E-state index in [1.54, 1.807) is 36.7 Å². The average molecular weight is 340 g/mol. The molecular formula is C22H16N2O2. The number of pyridine rings is 2. The van der Waals surface area contributed by atoms with Crippen molar-refractivity contribution in [3.8, 4) is 45.1 Å². The lowest BCUT2D eigenvalue weighted by molar-refractivity contribution is 0.475. The minimum Gasteiger partial charge on any atom is -0.508 e. The summed E-state index contributed by atoms with van der Waals surface area (Å²) in [5.74, 6) is 0.484. The van der Waals surface area contributed by atoms with E-state index in [1.165, 1.54) is 0 Å². The predicted molar refractivity (Wildman–Crippen MR) is 102 cm³/mol. The van der Waals surface area contributed by atoms with Crippen LogP contribution in [0.3, 0.4) is 0 Å². The number of phenolic OH excluding ortho intramolecular Hbond substituents is 2. The van der Waals surface area contributed by atoms with E-state index in [0.717, 1.165) is 33.6 Å². The maximum atomic E-state index is 9.45. The van der Waals surface area contributed by atoms with Gasteiger partial charge in [0.2, 0.25) is 0 Å². The van der Waals surface area contributed by atoms with Crippen molar-refractivity contribution in [1.29, 1.82) is 0 Å². The third kappa shape index (κ3) is 3.26. The standard InChI is InChI=1S/C22H16N2O2/c25-19-5-1-15(2-6-19)17-9-11-23-21(13-17)22-14-18(10-12-24-22)16-3-7-20(26)8-4-16/h1-14,25-26H. The Kier molecular flexibility index (Phi) is 4.07. The summed E-state index contributed by atoms with van der Waals surface area (Å²) in [6.07, 6.45) is 3.51. The number of hydrogen-bond donors (Lipinski definition) is 2. The Hall–Kier alpha value is -3.66. The first-order chi connectivity index (χ1) is 12.7. The van der Waals surface area contributed by atoms with Crippen molar-refractivity contribution in [3.05, 3.63) is 85.2 Å². The van der Waals surface area contributed by atoms with Crippen LogP contribution < -0.4 is 0 Å². The van der Waals surface area contributed by atoms with Crippen LogP contribution in [0.1, 0.15) is 0 Å². The molecule has 4 aromatic rings. The summed E-state index contributed by atoms with van der Waals surface area (Å²) in [7, 11) is 0. The van der Waals surface area contributed by atoms with Crippen molar-refractivity contribution in [3.63, 3.8) is 0 Å². The fourth-order valence-corrected chi connectivity index (χ4v) is 2.81. The van der Waals surface area contributed by atoms with E-state index in [-0.39, 0.29) is 11.5 Å². The Morgan fingerprint density at radius 3 is 1.23 bits per heavy atom. The van der Waals surface area contributed by atoms with Gasteiger partial charge in [-0.05, 0) is 70.8 Å². The molecule has 0 amide bonds. The van der Waals surface area contributed by atoms with E-state index in [4.69, 9.17) is 0 Å². The Morgan fingerprint density at radius 2 is 0.846 bits per heavy atom.